The highest BCUT2D eigenvalue weighted by Gasteiger charge is 2.11. The zero-order valence-electron chi connectivity index (χ0n) is 9.43. The number of nitrogens with zero attached hydrogens (tertiary/aromatic N) is 1. The molecule has 0 unspecified atom stereocenters. The van der Waals surface area contributed by atoms with Crippen LogP contribution in [0.3, 0.4) is 0 Å². The third-order valence-corrected chi connectivity index (χ3v) is 2.83. The molecule has 15 heavy (non-hydrogen) atoms. The Hall–Kier alpha value is -0.400. The van der Waals surface area contributed by atoms with Crippen molar-refractivity contribution >= 4 is 28.9 Å². The Morgan fingerprint density at radius 1 is 1.33 bits per heavy atom. The molecule has 1 rings (SSSR count). The number of alkyl halides is 1. The van der Waals surface area contributed by atoms with Crippen LogP contribution < -0.4 is 4.90 Å². The number of benzene rings is 1. The lowest BCUT2D eigenvalue weighted by molar-refractivity contribution is 0.637. The van der Waals surface area contributed by atoms with Gasteiger partial charge >= 0.3 is 0 Å². The predicted molar refractivity (Wildman–Crippen MR) is 69.1 cm³/mol. The highest BCUT2D eigenvalue weighted by atomic mass is 35.5. The standard InChI is InChI=1S/C12H17Cl2N/c1-9(2)8-15(3)12-10(7-13)5-4-6-11(12)14/h4-6,9H,7-8H2,1-3H3. The number of rotatable bonds is 4. The van der Waals surface area contributed by atoms with Gasteiger partial charge in [-0.25, -0.2) is 0 Å². The van der Waals surface area contributed by atoms with Crippen molar-refractivity contribution in [2.45, 2.75) is 19.7 Å². The SMILES string of the molecule is CC(C)CN(C)c1c(Cl)cccc1CCl. The topological polar surface area (TPSA) is 3.24 Å². The van der Waals surface area contributed by atoms with Crippen molar-refractivity contribution in [3.63, 3.8) is 0 Å². The summed E-state index contributed by atoms with van der Waals surface area (Å²) in [6.45, 7) is 5.36. The van der Waals surface area contributed by atoms with Crippen LogP contribution in [0.5, 0.6) is 0 Å². The molecule has 0 saturated heterocycles. The van der Waals surface area contributed by atoms with Crippen molar-refractivity contribution in [2.24, 2.45) is 5.92 Å². The smallest absolute Gasteiger partial charge is 0.0642 e. The number of hydrogen-bond acceptors (Lipinski definition) is 1. The summed E-state index contributed by atoms with van der Waals surface area (Å²) in [4.78, 5) is 2.17. The first-order valence-electron chi connectivity index (χ1n) is 5.10. The molecule has 84 valence electrons. The maximum atomic E-state index is 6.19. The summed E-state index contributed by atoms with van der Waals surface area (Å²) >= 11 is 12.1. The molecule has 0 aliphatic heterocycles. The van der Waals surface area contributed by atoms with Crippen molar-refractivity contribution < 1.29 is 0 Å². The van der Waals surface area contributed by atoms with Crippen molar-refractivity contribution in [3.05, 3.63) is 28.8 Å². The first kappa shape index (κ1) is 12.7. The Bertz CT molecular complexity index is 323. The van der Waals surface area contributed by atoms with Crippen LogP contribution in [0.4, 0.5) is 5.69 Å². The molecule has 0 spiro atoms. The summed E-state index contributed by atoms with van der Waals surface area (Å²) in [5.41, 5.74) is 2.15. The maximum Gasteiger partial charge on any atom is 0.0642 e. The minimum Gasteiger partial charge on any atom is -0.373 e. The van der Waals surface area contributed by atoms with Gasteiger partial charge in [-0.3, -0.25) is 0 Å². The van der Waals surface area contributed by atoms with E-state index in [1.165, 1.54) is 0 Å². The summed E-state index contributed by atoms with van der Waals surface area (Å²) < 4.78 is 0. The zero-order chi connectivity index (χ0) is 11.4. The van der Waals surface area contributed by atoms with Crippen LogP contribution in [0.15, 0.2) is 18.2 Å². The van der Waals surface area contributed by atoms with Gasteiger partial charge in [0.05, 0.1) is 10.7 Å². The number of hydrogen-bond donors (Lipinski definition) is 0. The molecule has 0 aromatic heterocycles. The predicted octanol–water partition coefficient (Wildman–Crippen LogP) is 4.17. The third-order valence-electron chi connectivity index (χ3n) is 2.24. The molecule has 0 aliphatic carbocycles. The maximum absolute atomic E-state index is 6.19. The van der Waals surface area contributed by atoms with Gasteiger partial charge < -0.3 is 4.90 Å². The molecule has 0 radical (unpaired) electrons. The van der Waals surface area contributed by atoms with Crippen LogP contribution in [0, 0.1) is 5.92 Å². The number of para-hydroxylation sites is 1. The molecule has 1 aromatic rings. The van der Waals surface area contributed by atoms with Crippen LogP contribution in [-0.4, -0.2) is 13.6 Å². The second kappa shape index (κ2) is 5.62. The molecule has 0 atom stereocenters. The van der Waals surface area contributed by atoms with Crippen LogP contribution in [0.25, 0.3) is 0 Å². The van der Waals surface area contributed by atoms with Crippen molar-refractivity contribution in [1.29, 1.82) is 0 Å². The second-order valence-electron chi connectivity index (χ2n) is 4.16. The Morgan fingerprint density at radius 2 is 2.00 bits per heavy atom. The molecule has 0 aliphatic rings. The van der Waals surface area contributed by atoms with Gasteiger partial charge in [-0.15, -0.1) is 11.6 Å². The lowest BCUT2D eigenvalue weighted by atomic mass is 10.1. The van der Waals surface area contributed by atoms with Gasteiger partial charge in [-0.1, -0.05) is 37.6 Å². The van der Waals surface area contributed by atoms with Crippen molar-refractivity contribution in [3.8, 4) is 0 Å². The first-order valence-corrected chi connectivity index (χ1v) is 6.02. The molecule has 0 heterocycles. The van der Waals surface area contributed by atoms with E-state index in [2.05, 4.69) is 25.8 Å². The fourth-order valence-corrected chi connectivity index (χ4v) is 2.29. The van der Waals surface area contributed by atoms with E-state index in [0.717, 1.165) is 22.8 Å². The summed E-state index contributed by atoms with van der Waals surface area (Å²) in [6, 6.07) is 5.86. The third kappa shape index (κ3) is 3.29. The summed E-state index contributed by atoms with van der Waals surface area (Å²) in [5.74, 6) is 1.10. The Kier molecular flexibility index (Phi) is 4.75. The lowest BCUT2D eigenvalue weighted by Gasteiger charge is -2.24. The van der Waals surface area contributed by atoms with Gasteiger partial charge in [0.25, 0.3) is 0 Å². The number of anilines is 1. The van der Waals surface area contributed by atoms with E-state index in [1.807, 2.05) is 18.2 Å². The molecule has 3 heteroatoms. The largest absolute Gasteiger partial charge is 0.373 e. The minimum atomic E-state index is 0.498. The van der Waals surface area contributed by atoms with Crippen LogP contribution in [0.1, 0.15) is 19.4 Å². The van der Waals surface area contributed by atoms with E-state index in [0.29, 0.717) is 11.8 Å². The zero-order valence-corrected chi connectivity index (χ0v) is 10.9. The fourth-order valence-electron chi connectivity index (χ4n) is 1.73. The van der Waals surface area contributed by atoms with Gasteiger partial charge in [-0.2, -0.15) is 0 Å². The lowest BCUT2D eigenvalue weighted by Crippen LogP contribution is -2.23. The van der Waals surface area contributed by atoms with Gasteiger partial charge in [0.15, 0.2) is 0 Å². The highest BCUT2D eigenvalue weighted by Crippen LogP contribution is 2.30. The normalized spacial score (nSPS) is 10.8. The van der Waals surface area contributed by atoms with Gasteiger partial charge in [0.2, 0.25) is 0 Å². The highest BCUT2D eigenvalue weighted by molar-refractivity contribution is 6.33. The molecule has 1 nitrogen and oxygen atoms in total. The van der Waals surface area contributed by atoms with Crippen LogP contribution >= 0.6 is 23.2 Å². The second-order valence-corrected chi connectivity index (χ2v) is 4.83. The average Bonchev–Trinajstić information content (AvgIpc) is 2.15. The first-order chi connectivity index (χ1) is 7.06. The van der Waals surface area contributed by atoms with Crippen LogP contribution in [-0.2, 0) is 5.88 Å². The molecular weight excluding hydrogens is 229 g/mol. The number of halogens is 2. The molecule has 1 aromatic carbocycles. The van der Waals surface area contributed by atoms with Gasteiger partial charge in [0, 0.05) is 19.5 Å². The van der Waals surface area contributed by atoms with Crippen molar-refractivity contribution in [2.75, 3.05) is 18.5 Å². The van der Waals surface area contributed by atoms with E-state index in [9.17, 15) is 0 Å². The summed E-state index contributed by atoms with van der Waals surface area (Å²) in [7, 11) is 2.05. The Labute approximate surface area is 102 Å². The van der Waals surface area contributed by atoms with E-state index in [4.69, 9.17) is 23.2 Å². The molecule has 0 bridgehead atoms. The summed E-state index contributed by atoms with van der Waals surface area (Å²) in [5, 5.41) is 0.774. The molecule has 0 N–H and O–H groups in total. The van der Waals surface area contributed by atoms with E-state index >= 15 is 0 Å². The quantitative estimate of drug-likeness (QED) is 0.720. The van der Waals surface area contributed by atoms with Gasteiger partial charge in [0.1, 0.15) is 0 Å². The fraction of sp³-hybridized carbons (Fsp3) is 0.500. The van der Waals surface area contributed by atoms with Crippen molar-refractivity contribution in [1.82, 2.24) is 0 Å². The van der Waals surface area contributed by atoms with Gasteiger partial charge in [-0.05, 0) is 17.5 Å². The van der Waals surface area contributed by atoms with E-state index < -0.39 is 0 Å². The minimum absolute atomic E-state index is 0.498. The summed E-state index contributed by atoms with van der Waals surface area (Å²) in [6.07, 6.45) is 0. The monoisotopic (exact) mass is 245 g/mol. The van der Waals surface area contributed by atoms with E-state index in [1.54, 1.807) is 0 Å². The van der Waals surface area contributed by atoms with Crippen LogP contribution in [0.2, 0.25) is 5.02 Å². The Morgan fingerprint density at radius 3 is 2.53 bits per heavy atom. The Balaban J connectivity index is 3.00. The molecule has 0 fully saturated rings. The van der Waals surface area contributed by atoms with E-state index in [-0.39, 0.29) is 0 Å². The average molecular weight is 246 g/mol. The molecule has 0 saturated carbocycles. The molecular formula is C12H17Cl2N. The molecule has 0 amide bonds.